The number of hydrogen-bond donors (Lipinski definition) is 1. The molecule has 0 aromatic carbocycles. The van der Waals surface area contributed by atoms with Gasteiger partial charge in [0.2, 0.25) is 5.91 Å². The summed E-state index contributed by atoms with van der Waals surface area (Å²) in [4.78, 5) is 24.7. The Morgan fingerprint density at radius 1 is 1.20 bits per heavy atom. The summed E-state index contributed by atoms with van der Waals surface area (Å²) >= 11 is 0. The van der Waals surface area contributed by atoms with Crippen LogP contribution in [0.1, 0.15) is 45.4 Å². The summed E-state index contributed by atoms with van der Waals surface area (Å²) in [7, 11) is 0. The van der Waals surface area contributed by atoms with Gasteiger partial charge in [-0.15, -0.1) is 0 Å². The third kappa shape index (κ3) is 4.20. The third-order valence-electron chi connectivity index (χ3n) is 4.53. The maximum Gasteiger partial charge on any atom is 0.306 e. The van der Waals surface area contributed by atoms with Gasteiger partial charge < -0.3 is 14.7 Å². The number of carboxylic acids is 1. The Kier molecular flexibility index (Phi) is 5.40. The molecule has 2 atom stereocenters. The normalized spacial score (nSPS) is 28.4. The first-order valence-corrected chi connectivity index (χ1v) is 7.68. The Labute approximate surface area is 120 Å². The minimum absolute atomic E-state index is 0.00654. The molecule has 2 aliphatic rings. The predicted molar refractivity (Wildman–Crippen MR) is 74.3 cm³/mol. The molecule has 2 fully saturated rings. The number of rotatable bonds is 4. The number of amides is 1. The van der Waals surface area contributed by atoms with E-state index in [0.29, 0.717) is 31.8 Å². The van der Waals surface area contributed by atoms with Crippen LogP contribution in [0.4, 0.5) is 0 Å². The first-order valence-electron chi connectivity index (χ1n) is 7.68. The van der Waals surface area contributed by atoms with Gasteiger partial charge in [0.15, 0.2) is 0 Å². The van der Waals surface area contributed by atoms with Crippen molar-refractivity contribution >= 4 is 11.9 Å². The van der Waals surface area contributed by atoms with E-state index in [4.69, 9.17) is 9.84 Å². The molecule has 0 spiro atoms. The van der Waals surface area contributed by atoms with E-state index in [0.717, 1.165) is 12.8 Å². The van der Waals surface area contributed by atoms with Gasteiger partial charge in [-0.3, -0.25) is 9.59 Å². The number of likely N-dealkylation sites (tertiary alicyclic amines) is 1. The van der Waals surface area contributed by atoms with Crippen molar-refractivity contribution in [1.82, 2.24) is 4.90 Å². The van der Waals surface area contributed by atoms with Crippen molar-refractivity contribution in [2.24, 2.45) is 11.8 Å². The van der Waals surface area contributed by atoms with Gasteiger partial charge in [0.25, 0.3) is 0 Å². The second-order valence-electron chi connectivity index (χ2n) is 6.20. The second-order valence-corrected chi connectivity index (χ2v) is 6.20. The Bertz CT molecular complexity index is 350. The second kappa shape index (κ2) is 7.07. The smallest absolute Gasteiger partial charge is 0.306 e. The molecular formula is C15H25NO4. The van der Waals surface area contributed by atoms with Gasteiger partial charge in [0.1, 0.15) is 6.61 Å². The van der Waals surface area contributed by atoms with Crippen LogP contribution in [-0.4, -0.2) is 47.7 Å². The predicted octanol–water partition coefficient (Wildman–Crippen LogP) is 1.90. The average Bonchev–Trinajstić information content (AvgIpc) is 2.45. The Balaban J connectivity index is 1.69. The van der Waals surface area contributed by atoms with Gasteiger partial charge in [0, 0.05) is 13.1 Å². The van der Waals surface area contributed by atoms with Crippen LogP contribution in [0.2, 0.25) is 0 Å². The van der Waals surface area contributed by atoms with Crippen LogP contribution in [-0.2, 0) is 14.3 Å². The molecule has 1 saturated heterocycles. The highest BCUT2D eigenvalue weighted by Gasteiger charge is 2.27. The molecule has 1 aliphatic heterocycles. The van der Waals surface area contributed by atoms with Crippen LogP contribution in [0, 0.1) is 11.8 Å². The average molecular weight is 283 g/mol. The molecule has 1 amide bonds. The topological polar surface area (TPSA) is 66.8 Å². The molecule has 1 aliphatic carbocycles. The molecule has 0 aromatic rings. The van der Waals surface area contributed by atoms with E-state index in [1.54, 1.807) is 4.90 Å². The van der Waals surface area contributed by atoms with Gasteiger partial charge in [-0.05, 0) is 31.6 Å². The maximum atomic E-state index is 12.1. The first-order chi connectivity index (χ1) is 9.56. The van der Waals surface area contributed by atoms with Gasteiger partial charge in [0.05, 0.1) is 12.0 Å². The molecule has 114 valence electrons. The van der Waals surface area contributed by atoms with Crippen molar-refractivity contribution in [3.8, 4) is 0 Å². The zero-order valence-corrected chi connectivity index (χ0v) is 12.2. The van der Waals surface area contributed by atoms with Crippen LogP contribution in [0.25, 0.3) is 0 Å². The number of ether oxygens (including phenoxy) is 1. The number of carbonyl (C=O) groups is 2. The molecule has 5 nitrogen and oxygen atoms in total. The molecular weight excluding hydrogens is 258 g/mol. The number of carbonyl (C=O) groups excluding carboxylic acids is 1. The van der Waals surface area contributed by atoms with Crippen molar-refractivity contribution in [1.29, 1.82) is 0 Å². The maximum absolute atomic E-state index is 12.1. The number of hydrogen-bond acceptors (Lipinski definition) is 3. The lowest BCUT2D eigenvalue weighted by Crippen LogP contribution is -2.42. The van der Waals surface area contributed by atoms with Crippen molar-refractivity contribution in [3.05, 3.63) is 0 Å². The molecule has 1 heterocycles. The van der Waals surface area contributed by atoms with Crippen molar-refractivity contribution in [2.75, 3.05) is 19.7 Å². The fraction of sp³-hybridized carbons (Fsp3) is 0.867. The molecule has 5 heteroatoms. The van der Waals surface area contributed by atoms with E-state index in [9.17, 15) is 9.59 Å². The lowest BCUT2D eigenvalue weighted by molar-refractivity contribution is -0.147. The van der Waals surface area contributed by atoms with Gasteiger partial charge >= 0.3 is 5.97 Å². The monoisotopic (exact) mass is 283 g/mol. The molecule has 2 unspecified atom stereocenters. The highest BCUT2D eigenvalue weighted by atomic mass is 16.5. The number of carboxylic acid groups (broad SMARTS) is 1. The van der Waals surface area contributed by atoms with E-state index < -0.39 is 5.97 Å². The molecule has 1 saturated carbocycles. The molecule has 20 heavy (non-hydrogen) atoms. The molecule has 0 radical (unpaired) electrons. The van der Waals surface area contributed by atoms with Gasteiger partial charge in [-0.25, -0.2) is 0 Å². The number of nitrogens with zero attached hydrogens (tertiary/aromatic N) is 1. The zero-order valence-electron chi connectivity index (χ0n) is 12.2. The summed E-state index contributed by atoms with van der Waals surface area (Å²) in [6, 6.07) is 0. The summed E-state index contributed by atoms with van der Waals surface area (Å²) in [5, 5.41) is 8.93. The molecule has 0 bridgehead atoms. The minimum Gasteiger partial charge on any atom is -0.481 e. The Hall–Kier alpha value is -1.10. The van der Waals surface area contributed by atoms with Crippen LogP contribution in [0.15, 0.2) is 0 Å². The number of piperidine rings is 1. The van der Waals surface area contributed by atoms with E-state index >= 15 is 0 Å². The van der Waals surface area contributed by atoms with Crippen molar-refractivity contribution in [3.63, 3.8) is 0 Å². The van der Waals surface area contributed by atoms with Crippen molar-refractivity contribution < 1.29 is 19.4 Å². The SMILES string of the molecule is CC1CCCC(OCC(=O)N2CCC(C(=O)O)CC2)C1. The third-order valence-corrected chi connectivity index (χ3v) is 4.53. The Morgan fingerprint density at radius 2 is 1.90 bits per heavy atom. The van der Waals surface area contributed by atoms with E-state index in [1.165, 1.54) is 12.8 Å². The van der Waals surface area contributed by atoms with Gasteiger partial charge in [-0.1, -0.05) is 19.8 Å². The fourth-order valence-corrected chi connectivity index (χ4v) is 3.19. The summed E-state index contributed by atoms with van der Waals surface area (Å²) in [6.07, 6.45) is 5.88. The first kappa shape index (κ1) is 15.3. The molecule has 2 rings (SSSR count). The van der Waals surface area contributed by atoms with Crippen LogP contribution in [0.5, 0.6) is 0 Å². The highest BCUT2D eigenvalue weighted by Crippen LogP contribution is 2.25. The zero-order chi connectivity index (χ0) is 14.5. The van der Waals surface area contributed by atoms with Crippen molar-refractivity contribution in [2.45, 2.75) is 51.6 Å². The van der Waals surface area contributed by atoms with E-state index in [1.807, 2.05) is 0 Å². The van der Waals surface area contributed by atoms with E-state index in [2.05, 4.69) is 6.92 Å². The molecule has 1 N–H and O–H groups in total. The lowest BCUT2D eigenvalue weighted by atomic mass is 9.89. The largest absolute Gasteiger partial charge is 0.481 e. The minimum atomic E-state index is -0.746. The summed E-state index contributed by atoms with van der Waals surface area (Å²) in [5.74, 6) is -0.342. The van der Waals surface area contributed by atoms with Gasteiger partial charge in [-0.2, -0.15) is 0 Å². The highest BCUT2D eigenvalue weighted by molar-refractivity contribution is 5.78. The summed E-state index contributed by atoms with van der Waals surface area (Å²) in [5.41, 5.74) is 0. The standard InChI is InChI=1S/C15H25NO4/c1-11-3-2-4-13(9-11)20-10-14(17)16-7-5-12(6-8-16)15(18)19/h11-13H,2-10H2,1H3,(H,18,19). The summed E-state index contributed by atoms with van der Waals surface area (Å²) in [6.45, 7) is 3.46. The summed E-state index contributed by atoms with van der Waals surface area (Å²) < 4.78 is 5.74. The van der Waals surface area contributed by atoms with Crippen LogP contribution < -0.4 is 0 Å². The number of aliphatic carboxylic acids is 1. The van der Waals surface area contributed by atoms with Crippen LogP contribution in [0.3, 0.4) is 0 Å². The van der Waals surface area contributed by atoms with Crippen LogP contribution >= 0.6 is 0 Å². The lowest BCUT2D eigenvalue weighted by Gasteiger charge is -2.31. The molecule has 0 aromatic heterocycles. The van der Waals surface area contributed by atoms with E-state index in [-0.39, 0.29) is 24.5 Å². The quantitative estimate of drug-likeness (QED) is 0.855. The Morgan fingerprint density at radius 3 is 2.50 bits per heavy atom. The fourth-order valence-electron chi connectivity index (χ4n) is 3.19.